The Bertz CT molecular complexity index is 3160. The Hall–Kier alpha value is -6.90. The number of para-hydroxylation sites is 3. The zero-order valence-corrected chi connectivity index (χ0v) is 28.4. The molecule has 2 heterocycles. The summed E-state index contributed by atoms with van der Waals surface area (Å²) < 4.78 is 4.80. The molecular weight excluding hydrogens is 629 g/mol. The molecule has 0 fully saturated rings. The molecule has 0 bridgehead atoms. The number of aromatic nitrogens is 2. The molecule has 0 saturated heterocycles. The van der Waals surface area contributed by atoms with Crippen LogP contribution in [-0.4, -0.2) is 9.13 Å². The van der Waals surface area contributed by atoms with Crippen LogP contribution in [0.1, 0.15) is 0 Å². The summed E-state index contributed by atoms with van der Waals surface area (Å²) >= 11 is 0. The summed E-state index contributed by atoms with van der Waals surface area (Å²) in [6.45, 7) is 0. The van der Waals surface area contributed by atoms with Gasteiger partial charge in [-0.15, -0.1) is 0 Å². The molecule has 2 aromatic heterocycles. The fourth-order valence-corrected chi connectivity index (χ4v) is 8.52. The smallest absolute Gasteiger partial charge is 0.0547 e. The SMILES string of the molecule is c1ccc(-n2c3ccccc3c3cc(-c4ccc5c(c4)c4c(-c6ccc7ccc8ccccc8c7c6)cccc4n5-c4ccccc4)ccc32)cc1. The molecule has 9 aromatic carbocycles. The van der Waals surface area contributed by atoms with E-state index >= 15 is 0 Å². The molecule has 2 heteroatoms. The maximum Gasteiger partial charge on any atom is 0.0547 e. The molecule has 52 heavy (non-hydrogen) atoms. The summed E-state index contributed by atoms with van der Waals surface area (Å²) in [6, 6.07) is 71.0. The standard InChI is InChI=1S/C50H32N2/c1-3-13-38(14-4-1)51-46-20-10-9-18-42(46)44-30-35(26-28-47(44)51)36-27-29-48-45(31-36)50-41(19-11-21-49(50)52(48)39-15-5-2-6-16-39)37-25-24-34-23-22-33-12-7-8-17-40(33)43(34)32-37/h1-32H. The largest absolute Gasteiger partial charge is 0.309 e. The molecule has 242 valence electrons. The second-order valence-electron chi connectivity index (χ2n) is 13.7. The van der Waals surface area contributed by atoms with E-state index in [4.69, 9.17) is 0 Å². The molecule has 0 amide bonds. The van der Waals surface area contributed by atoms with Crippen LogP contribution in [0.2, 0.25) is 0 Å². The molecule has 0 unspecified atom stereocenters. The first-order chi connectivity index (χ1) is 25.8. The Labute approximate surface area is 301 Å². The zero-order valence-electron chi connectivity index (χ0n) is 28.4. The average molecular weight is 661 g/mol. The lowest BCUT2D eigenvalue weighted by Crippen LogP contribution is -1.93. The third-order valence-electron chi connectivity index (χ3n) is 10.9. The molecule has 2 nitrogen and oxygen atoms in total. The van der Waals surface area contributed by atoms with Gasteiger partial charge in [-0.1, -0.05) is 127 Å². The molecule has 0 N–H and O–H groups in total. The summed E-state index contributed by atoms with van der Waals surface area (Å²) in [5, 5.41) is 10.1. The van der Waals surface area contributed by atoms with E-state index in [-0.39, 0.29) is 0 Å². The summed E-state index contributed by atoms with van der Waals surface area (Å²) in [6.07, 6.45) is 0. The lowest BCUT2D eigenvalue weighted by molar-refractivity contribution is 1.18. The average Bonchev–Trinajstić information content (AvgIpc) is 3.73. The van der Waals surface area contributed by atoms with Gasteiger partial charge in [0.2, 0.25) is 0 Å². The first kappa shape index (κ1) is 28.9. The highest BCUT2D eigenvalue weighted by molar-refractivity contribution is 6.18. The van der Waals surface area contributed by atoms with Gasteiger partial charge in [0.1, 0.15) is 0 Å². The van der Waals surface area contributed by atoms with Crippen LogP contribution in [0.25, 0.3) is 98.8 Å². The van der Waals surface area contributed by atoms with Gasteiger partial charge in [0.25, 0.3) is 0 Å². The molecule has 0 radical (unpaired) electrons. The lowest BCUT2D eigenvalue weighted by Gasteiger charge is -2.10. The maximum atomic E-state index is 2.42. The predicted octanol–water partition coefficient (Wildman–Crippen LogP) is 13.5. The quantitative estimate of drug-likeness (QED) is 0.166. The van der Waals surface area contributed by atoms with Crippen molar-refractivity contribution in [3.8, 4) is 33.6 Å². The first-order valence-corrected chi connectivity index (χ1v) is 17.9. The van der Waals surface area contributed by atoms with E-state index in [2.05, 4.69) is 203 Å². The third kappa shape index (κ3) is 4.31. The van der Waals surface area contributed by atoms with E-state index in [1.165, 1.54) is 93.1 Å². The Morgan fingerprint density at radius 1 is 0.269 bits per heavy atom. The van der Waals surface area contributed by atoms with Crippen LogP contribution in [0, 0.1) is 0 Å². The number of benzene rings is 9. The second kappa shape index (κ2) is 11.3. The number of hydrogen-bond donors (Lipinski definition) is 0. The van der Waals surface area contributed by atoms with Crippen LogP contribution in [-0.2, 0) is 0 Å². The van der Waals surface area contributed by atoms with E-state index in [0.29, 0.717) is 0 Å². The van der Waals surface area contributed by atoms with E-state index in [1.807, 2.05) is 0 Å². The van der Waals surface area contributed by atoms with Crippen LogP contribution in [0.5, 0.6) is 0 Å². The molecule has 0 aliphatic rings. The van der Waals surface area contributed by atoms with E-state index < -0.39 is 0 Å². The number of rotatable bonds is 4. The minimum absolute atomic E-state index is 1.16. The molecular formula is C50H32N2. The van der Waals surface area contributed by atoms with Crippen LogP contribution in [0.4, 0.5) is 0 Å². The number of nitrogens with zero attached hydrogens (tertiary/aromatic N) is 2. The molecule has 0 atom stereocenters. The minimum atomic E-state index is 1.16. The summed E-state index contributed by atoms with van der Waals surface area (Å²) in [5.74, 6) is 0. The van der Waals surface area contributed by atoms with Crippen LogP contribution in [0.3, 0.4) is 0 Å². The van der Waals surface area contributed by atoms with Crippen LogP contribution < -0.4 is 0 Å². The van der Waals surface area contributed by atoms with Crippen molar-refractivity contribution in [2.75, 3.05) is 0 Å². The van der Waals surface area contributed by atoms with Gasteiger partial charge in [0.15, 0.2) is 0 Å². The molecule has 11 rings (SSSR count). The summed E-state index contributed by atoms with van der Waals surface area (Å²) in [4.78, 5) is 0. The van der Waals surface area contributed by atoms with Crippen molar-refractivity contribution in [1.29, 1.82) is 0 Å². The van der Waals surface area contributed by atoms with Gasteiger partial charge in [-0.3, -0.25) is 0 Å². The fourth-order valence-electron chi connectivity index (χ4n) is 8.52. The predicted molar refractivity (Wildman–Crippen MR) is 221 cm³/mol. The van der Waals surface area contributed by atoms with Crippen molar-refractivity contribution in [3.63, 3.8) is 0 Å². The highest BCUT2D eigenvalue weighted by Gasteiger charge is 2.19. The van der Waals surface area contributed by atoms with Gasteiger partial charge in [-0.2, -0.15) is 0 Å². The Morgan fingerprint density at radius 2 is 0.769 bits per heavy atom. The Balaban J connectivity index is 1.17. The van der Waals surface area contributed by atoms with Crippen molar-refractivity contribution >= 4 is 65.2 Å². The van der Waals surface area contributed by atoms with Crippen molar-refractivity contribution in [2.45, 2.75) is 0 Å². The normalized spacial score (nSPS) is 11.8. The van der Waals surface area contributed by atoms with E-state index in [0.717, 1.165) is 5.69 Å². The van der Waals surface area contributed by atoms with Gasteiger partial charge in [0, 0.05) is 32.9 Å². The third-order valence-corrected chi connectivity index (χ3v) is 10.9. The maximum absolute atomic E-state index is 2.42. The van der Waals surface area contributed by atoms with Crippen LogP contribution >= 0.6 is 0 Å². The molecule has 0 aliphatic heterocycles. The summed E-state index contributed by atoms with van der Waals surface area (Å²) in [7, 11) is 0. The molecule has 0 aliphatic carbocycles. The molecule has 0 spiro atoms. The van der Waals surface area contributed by atoms with E-state index in [9.17, 15) is 0 Å². The van der Waals surface area contributed by atoms with Crippen molar-refractivity contribution in [1.82, 2.24) is 9.13 Å². The molecule has 0 saturated carbocycles. The second-order valence-corrected chi connectivity index (χ2v) is 13.7. The van der Waals surface area contributed by atoms with Gasteiger partial charge in [-0.25, -0.2) is 0 Å². The van der Waals surface area contributed by atoms with Gasteiger partial charge in [-0.05, 0) is 111 Å². The molecule has 11 aromatic rings. The van der Waals surface area contributed by atoms with Crippen molar-refractivity contribution < 1.29 is 0 Å². The zero-order chi connectivity index (χ0) is 34.2. The van der Waals surface area contributed by atoms with Crippen molar-refractivity contribution in [3.05, 3.63) is 194 Å². The summed E-state index contributed by atoms with van der Waals surface area (Å²) in [5.41, 5.74) is 12.0. The minimum Gasteiger partial charge on any atom is -0.309 e. The van der Waals surface area contributed by atoms with Gasteiger partial charge < -0.3 is 9.13 Å². The Morgan fingerprint density at radius 3 is 1.52 bits per heavy atom. The first-order valence-electron chi connectivity index (χ1n) is 17.9. The lowest BCUT2D eigenvalue weighted by atomic mass is 9.94. The highest BCUT2D eigenvalue weighted by atomic mass is 15.0. The highest BCUT2D eigenvalue weighted by Crippen LogP contribution is 2.42. The van der Waals surface area contributed by atoms with E-state index in [1.54, 1.807) is 0 Å². The van der Waals surface area contributed by atoms with Gasteiger partial charge in [0.05, 0.1) is 22.1 Å². The number of fused-ring (bicyclic) bond motifs is 9. The van der Waals surface area contributed by atoms with Crippen molar-refractivity contribution in [2.24, 2.45) is 0 Å². The van der Waals surface area contributed by atoms with Gasteiger partial charge >= 0.3 is 0 Å². The number of hydrogen-bond acceptors (Lipinski definition) is 0. The van der Waals surface area contributed by atoms with Crippen LogP contribution in [0.15, 0.2) is 194 Å². The topological polar surface area (TPSA) is 9.86 Å². The monoisotopic (exact) mass is 660 g/mol. The Kier molecular flexibility index (Phi) is 6.28. The fraction of sp³-hybridized carbons (Fsp3) is 0.